The van der Waals surface area contributed by atoms with E-state index in [-0.39, 0.29) is 5.91 Å². The van der Waals surface area contributed by atoms with Crippen LogP contribution in [0.5, 0.6) is 0 Å². The molecule has 5 heteroatoms. The lowest BCUT2D eigenvalue weighted by Crippen LogP contribution is -2.27. The van der Waals surface area contributed by atoms with Crippen LogP contribution in [-0.4, -0.2) is 35.0 Å². The second-order valence-corrected chi connectivity index (χ2v) is 4.24. The Balaban J connectivity index is 2.86. The second kappa shape index (κ2) is 6.05. The van der Waals surface area contributed by atoms with Gasteiger partial charge in [0, 0.05) is 26.2 Å². The average molecular weight is 250 g/mol. The molecule has 1 rings (SSSR count). The van der Waals surface area contributed by atoms with Crippen molar-refractivity contribution < 1.29 is 14.7 Å². The first-order valence-electron chi connectivity index (χ1n) is 5.70. The number of amides is 1. The maximum absolute atomic E-state index is 11.2. The van der Waals surface area contributed by atoms with Gasteiger partial charge in [0.25, 0.3) is 0 Å². The number of carbonyl (C=O) groups is 2. The van der Waals surface area contributed by atoms with E-state index in [4.69, 9.17) is 5.11 Å². The fraction of sp³-hybridized carbons (Fsp3) is 0.385. The summed E-state index contributed by atoms with van der Waals surface area (Å²) in [5.41, 5.74) is 1.63. The highest BCUT2D eigenvalue weighted by atomic mass is 16.4. The molecule has 0 saturated heterocycles. The molecule has 0 heterocycles. The van der Waals surface area contributed by atoms with Crippen LogP contribution in [0.15, 0.2) is 24.3 Å². The Morgan fingerprint density at radius 3 is 2.56 bits per heavy atom. The van der Waals surface area contributed by atoms with Crippen LogP contribution in [0.4, 0.5) is 5.69 Å². The molecule has 0 aliphatic rings. The summed E-state index contributed by atoms with van der Waals surface area (Å²) in [4.78, 5) is 23.6. The second-order valence-electron chi connectivity index (χ2n) is 4.24. The van der Waals surface area contributed by atoms with Crippen molar-refractivity contribution in [3.8, 4) is 0 Å². The molecular formula is C13H18N2O3. The normalized spacial score (nSPS) is 11.7. The van der Waals surface area contributed by atoms with Gasteiger partial charge in [0.15, 0.2) is 0 Å². The van der Waals surface area contributed by atoms with Crippen LogP contribution in [0.3, 0.4) is 0 Å². The van der Waals surface area contributed by atoms with Gasteiger partial charge in [-0.05, 0) is 18.6 Å². The zero-order valence-corrected chi connectivity index (χ0v) is 10.8. The third-order valence-corrected chi connectivity index (χ3v) is 2.70. The number of carbonyl (C=O) groups excluding carboxylic acids is 1. The summed E-state index contributed by atoms with van der Waals surface area (Å²) in [5, 5.41) is 11.8. The Hall–Kier alpha value is -2.04. The summed E-state index contributed by atoms with van der Waals surface area (Å²) in [6.45, 7) is 3.52. The SMILES string of the molecule is CC(=O)N(C)Cc1ccccc1NC(C)C(=O)O. The van der Waals surface area contributed by atoms with E-state index in [1.165, 1.54) is 6.92 Å². The third-order valence-electron chi connectivity index (χ3n) is 2.70. The molecule has 2 N–H and O–H groups in total. The molecular weight excluding hydrogens is 232 g/mol. The number of hydrogen-bond donors (Lipinski definition) is 2. The summed E-state index contributed by atoms with van der Waals surface area (Å²) < 4.78 is 0. The molecule has 1 aromatic carbocycles. The van der Waals surface area contributed by atoms with Crippen LogP contribution in [-0.2, 0) is 16.1 Å². The van der Waals surface area contributed by atoms with Gasteiger partial charge in [0.2, 0.25) is 5.91 Å². The van der Waals surface area contributed by atoms with Crippen LogP contribution in [0, 0.1) is 0 Å². The highest BCUT2D eigenvalue weighted by Gasteiger charge is 2.13. The Labute approximate surface area is 106 Å². The lowest BCUT2D eigenvalue weighted by Gasteiger charge is -2.19. The van der Waals surface area contributed by atoms with Crippen molar-refractivity contribution in [2.24, 2.45) is 0 Å². The number of carboxylic acid groups (broad SMARTS) is 1. The maximum atomic E-state index is 11.2. The Bertz CT molecular complexity index is 405. The zero-order chi connectivity index (χ0) is 13.7. The molecule has 1 unspecified atom stereocenters. The molecule has 0 aromatic heterocycles. The molecule has 0 radical (unpaired) electrons. The Morgan fingerprint density at radius 2 is 2.00 bits per heavy atom. The van der Waals surface area contributed by atoms with Crippen molar-refractivity contribution in [2.45, 2.75) is 26.4 Å². The Kier molecular flexibility index (Phi) is 4.71. The van der Waals surface area contributed by atoms with Crippen molar-refractivity contribution in [3.63, 3.8) is 0 Å². The summed E-state index contributed by atoms with van der Waals surface area (Å²) in [5.74, 6) is -0.944. The monoisotopic (exact) mass is 250 g/mol. The molecule has 1 atom stereocenters. The molecule has 0 saturated carbocycles. The Morgan fingerprint density at radius 1 is 1.39 bits per heavy atom. The summed E-state index contributed by atoms with van der Waals surface area (Å²) in [6.07, 6.45) is 0. The first kappa shape index (κ1) is 14.0. The molecule has 18 heavy (non-hydrogen) atoms. The first-order valence-corrected chi connectivity index (χ1v) is 5.70. The number of carboxylic acids is 1. The standard InChI is InChI=1S/C13H18N2O3/c1-9(13(17)18)14-12-7-5-4-6-11(12)8-15(3)10(2)16/h4-7,9,14H,8H2,1-3H3,(H,17,18). The largest absolute Gasteiger partial charge is 0.480 e. The number of nitrogens with one attached hydrogen (secondary N) is 1. The number of aliphatic carboxylic acids is 1. The van der Waals surface area contributed by atoms with Crippen molar-refractivity contribution in [1.29, 1.82) is 0 Å². The third kappa shape index (κ3) is 3.76. The maximum Gasteiger partial charge on any atom is 0.325 e. The summed E-state index contributed by atoms with van der Waals surface area (Å²) >= 11 is 0. The lowest BCUT2D eigenvalue weighted by atomic mass is 10.1. The van der Waals surface area contributed by atoms with Gasteiger partial charge >= 0.3 is 5.97 Å². The van der Waals surface area contributed by atoms with Gasteiger partial charge < -0.3 is 15.3 Å². The first-order chi connectivity index (χ1) is 8.41. The molecule has 0 bridgehead atoms. The average Bonchev–Trinajstić information content (AvgIpc) is 2.31. The molecule has 98 valence electrons. The number of nitrogens with zero attached hydrogens (tertiary/aromatic N) is 1. The predicted octanol–water partition coefficient (Wildman–Crippen LogP) is 1.55. The van der Waals surface area contributed by atoms with Crippen LogP contribution >= 0.6 is 0 Å². The van der Waals surface area contributed by atoms with Crippen molar-refractivity contribution in [3.05, 3.63) is 29.8 Å². The van der Waals surface area contributed by atoms with Crippen LogP contribution in [0.25, 0.3) is 0 Å². The van der Waals surface area contributed by atoms with E-state index in [9.17, 15) is 9.59 Å². The van der Waals surface area contributed by atoms with Gasteiger partial charge in [-0.3, -0.25) is 9.59 Å². The number of anilines is 1. The van der Waals surface area contributed by atoms with E-state index in [2.05, 4.69) is 5.32 Å². The van der Waals surface area contributed by atoms with Crippen LogP contribution < -0.4 is 5.32 Å². The number of benzene rings is 1. The molecule has 5 nitrogen and oxygen atoms in total. The highest BCUT2D eigenvalue weighted by molar-refractivity contribution is 5.77. The lowest BCUT2D eigenvalue weighted by molar-refractivity contribution is -0.137. The van der Waals surface area contributed by atoms with E-state index in [0.29, 0.717) is 6.54 Å². The smallest absolute Gasteiger partial charge is 0.325 e. The van der Waals surface area contributed by atoms with E-state index >= 15 is 0 Å². The van der Waals surface area contributed by atoms with Crippen LogP contribution in [0.1, 0.15) is 19.4 Å². The highest BCUT2D eigenvalue weighted by Crippen LogP contribution is 2.17. The van der Waals surface area contributed by atoms with E-state index in [0.717, 1.165) is 11.3 Å². The summed E-state index contributed by atoms with van der Waals surface area (Å²) in [6, 6.07) is 6.70. The molecule has 0 aliphatic heterocycles. The minimum absolute atomic E-state index is 0.0314. The zero-order valence-electron chi connectivity index (χ0n) is 10.8. The van der Waals surface area contributed by atoms with Gasteiger partial charge in [0.1, 0.15) is 6.04 Å². The minimum atomic E-state index is -0.912. The molecule has 1 amide bonds. The van der Waals surface area contributed by atoms with E-state index < -0.39 is 12.0 Å². The minimum Gasteiger partial charge on any atom is -0.480 e. The molecule has 0 aliphatic carbocycles. The number of para-hydroxylation sites is 1. The van der Waals surface area contributed by atoms with Crippen molar-refractivity contribution in [2.75, 3.05) is 12.4 Å². The number of hydrogen-bond acceptors (Lipinski definition) is 3. The van der Waals surface area contributed by atoms with Gasteiger partial charge in [0.05, 0.1) is 0 Å². The van der Waals surface area contributed by atoms with Gasteiger partial charge in [-0.1, -0.05) is 18.2 Å². The summed E-state index contributed by atoms with van der Waals surface area (Å²) in [7, 11) is 1.71. The van der Waals surface area contributed by atoms with Gasteiger partial charge in [-0.25, -0.2) is 0 Å². The predicted molar refractivity (Wildman–Crippen MR) is 69.3 cm³/mol. The molecule has 1 aromatic rings. The fourth-order valence-electron chi connectivity index (χ4n) is 1.46. The molecule has 0 fully saturated rings. The van der Waals surface area contributed by atoms with E-state index in [1.807, 2.05) is 24.3 Å². The quantitative estimate of drug-likeness (QED) is 0.832. The van der Waals surface area contributed by atoms with Crippen molar-refractivity contribution in [1.82, 2.24) is 4.90 Å². The topological polar surface area (TPSA) is 69.6 Å². The molecule has 0 spiro atoms. The van der Waals surface area contributed by atoms with Crippen molar-refractivity contribution >= 4 is 17.6 Å². The van der Waals surface area contributed by atoms with Gasteiger partial charge in [-0.2, -0.15) is 0 Å². The van der Waals surface area contributed by atoms with Crippen LogP contribution in [0.2, 0.25) is 0 Å². The number of rotatable bonds is 5. The fourth-order valence-corrected chi connectivity index (χ4v) is 1.46. The van der Waals surface area contributed by atoms with E-state index in [1.54, 1.807) is 18.9 Å². The van der Waals surface area contributed by atoms with Gasteiger partial charge in [-0.15, -0.1) is 0 Å².